The summed E-state index contributed by atoms with van der Waals surface area (Å²) in [7, 11) is -3.68. The zero-order valence-electron chi connectivity index (χ0n) is 17.8. The van der Waals surface area contributed by atoms with E-state index >= 15 is 0 Å². The summed E-state index contributed by atoms with van der Waals surface area (Å²) in [5.41, 5.74) is 1.50. The molecular formula is C21H29Cl2N3O4S. The Kier molecular flexibility index (Phi) is 10.3. The van der Waals surface area contributed by atoms with E-state index in [2.05, 4.69) is 10.6 Å². The molecule has 10 heteroatoms. The van der Waals surface area contributed by atoms with Crippen molar-refractivity contribution in [3.05, 3.63) is 58.6 Å². The van der Waals surface area contributed by atoms with Crippen molar-refractivity contribution < 1.29 is 17.9 Å². The minimum Gasteiger partial charge on any atom is -0.483 e. The van der Waals surface area contributed by atoms with E-state index in [1.54, 1.807) is 30.3 Å². The van der Waals surface area contributed by atoms with Crippen LogP contribution in [0.25, 0.3) is 0 Å². The van der Waals surface area contributed by atoms with Crippen molar-refractivity contribution >= 4 is 39.9 Å². The number of benzene rings is 2. The zero-order chi connectivity index (χ0) is 22.4. The van der Waals surface area contributed by atoms with Gasteiger partial charge in [0.15, 0.2) is 6.61 Å². The van der Waals surface area contributed by atoms with Crippen LogP contribution in [-0.4, -0.2) is 33.0 Å². The molecule has 4 N–H and O–H groups in total. The molecule has 1 amide bonds. The average Bonchev–Trinajstić information content (AvgIpc) is 2.63. The van der Waals surface area contributed by atoms with Crippen LogP contribution in [0.5, 0.6) is 5.75 Å². The fraction of sp³-hybridized carbons (Fsp3) is 0.381. The van der Waals surface area contributed by atoms with Crippen LogP contribution in [0, 0.1) is 0 Å². The van der Waals surface area contributed by atoms with E-state index in [0.29, 0.717) is 30.3 Å². The molecule has 0 aliphatic rings. The maximum atomic E-state index is 12.0. The van der Waals surface area contributed by atoms with Gasteiger partial charge in [0.1, 0.15) is 5.75 Å². The minimum absolute atomic E-state index is 0. The van der Waals surface area contributed by atoms with Crippen LogP contribution in [0.2, 0.25) is 5.02 Å². The molecule has 0 aromatic heterocycles. The standard InChI is InChI=1S/C21H28ClN3O4S.ClH/c1-21(2,3)25-20(26)14-29-19-9-6-17(22)12-16(19)13-24-11-10-15-4-7-18(8-5-15)30(23,27)28;/h4-9,12,24H,10-11,13-14H2,1-3H3,(H,25,26)(H2,23,27,28);1H. The Labute approximate surface area is 195 Å². The van der Waals surface area contributed by atoms with Crippen LogP contribution in [0.4, 0.5) is 0 Å². The van der Waals surface area contributed by atoms with E-state index in [-0.39, 0.29) is 35.4 Å². The van der Waals surface area contributed by atoms with Gasteiger partial charge in [-0.2, -0.15) is 0 Å². The summed E-state index contributed by atoms with van der Waals surface area (Å²) >= 11 is 6.11. The van der Waals surface area contributed by atoms with Gasteiger partial charge in [-0.15, -0.1) is 12.4 Å². The monoisotopic (exact) mass is 489 g/mol. The number of sulfonamides is 1. The molecule has 0 aliphatic heterocycles. The maximum Gasteiger partial charge on any atom is 0.258 e. The Morgan fingerprint density at radius 1 is 1.13 bits per heavy atom. The molecule has 0 radical (unpaired) electrons. The van der Waals surface area contributed by atoms with Crippen LogP contribution >= 0.6 is 24.0 Å². The van der Waals surface area contributed by atoms with E-state index in [1.165, 1.54) is 12.1 Å². The van der Waals surface area contributed by atoms with Crippen LogP contribution in [0.3, 0.4) is 0 Å². The summed E-state index contributed by atoms with van der Waals surface area (Å²) in [6.07, 6.45) is 0.704. The number of carbonyl (C=O) groups is 1. The third kappa shape index (κ3) is 9.88. The third-order valence-electron chi connectivity index (χ3n) is 4.05. The quantitative estimate of drug-likeness (QED) is 0.468. The highest BCUT2D eigenvalue weighted by Crippen LogP contribution is 2.23. The summed E-state index contributed by atoms with van der Waals surface area (Å²) in [5.74, 6) is 0.396. The number of carbonyl (C=O) groups excluding carboxylic acids is 1. The third-order valence-corrected chi connectivity index (χ3v) is 5.22. The van der Waals surface area contributed by atoms with Crippen molar-refractivity contribution in [1.82, 2.24) is 10.6 Å². The second-order valence-electron chi connectivity index (χ2n) is 7.95. The first-order chi connectivity index (χ1) is 13.9. The van der Waals surface area contributed by atoms with Crippen molar-refractivity contribution in [3.8, 4) is 5.75 Å². The summed E-state index contributed by atoms with van der Waals surface area (Å²) < 4.78 is 28.3. The Bertz CT molecular complexity index is 975. The molecule has 7 nitrogen and oxygen atoms in total. The van der Waals surface area contributed by atoms with Gasteiger partial charge in [0, 0.05) is 22.7 Å². The predicted octanol–water partition coefficient (Wildman–Crippen LogP) is 3.04. The van der Waals surface area contributed by atoms with Gasteiger partial charge in [-0.25, -0.2) is 13.6 Å². The smallest absolute Gasteiger partial charge is 0.258 e. The van der Waals surface area contributed by atoms with E-state index in [9.17, 15) is 13.2 Å². The van der Waals surface area contributed by atoms with Crippen molar-refractivity contribution in [3.63, 3.8) is 0 Å². The Morgan fingerprint density at radius 3 is 2.35 bits per heavy atom. The lowest BCUT2D eigenvalue weighted by atomic mass is 10.1. The number of hydrogen-bond donors (Lipinski definition) is 3. The molecule has 2 aromatic rings. The lowest BCUT2D eigenvalue weighted by Crippen LogP contribution is -2.43. The first-order valence-corrected chi connectivity index (χ1v) is 11.4. The molecular weight excluding hydrogens is 461 g/mol. The van der Waals surface area contributed by atoms with Crippen molar-refractivity contribution in [2.45, 2.75) is 44.2 Å². The largest absolute Gasteiger partial charge is 0.483 e. The molecule has 0 heterocycles. The van der Waals surface area contributed by atoms with Gasteiger partial charge in [0.05, 0.1) is 4.90 Å². The SMILES string of the molecule is CC(C)(C)NC(=O)COc1ccc(Cl)cc1CNCCc1ccc(S(N)(=O)=O)cc1.Cl. The molecule has 0 bridgehead atoms. The normalized spacial score (nSPS) is 11.5. The van der Waals surface area contributed by atoms with Crippen LogP contribution in [0.1, 0.15) is 31.9 Å². The van der Waals surface area contributed by atoms with Crippen molar-refractivity contribution in [2.24, 2.45) is 5.14 Å². The second-order valence-corrected chi connectivity index (χ2v) is 9.95. The average molecular weight is 490 g/mol. The summed E-state index contributed by atoms with van der Waals surface area (Å²) in [4.78, 5) is 12.1. The number of nitrogens with one attached hydrogen (secondary N) is 2. The van der Waals surface area contributed by atoms with Gasteiger partial charge in [0.2, 0.25) is 10.0 Å². The van der Waals surface area contributed by atoms with Gasteiger partial charge in [0.25, 0.3) is 5.91 Å². The number of amides is 1. The Hall–Kier alpha value is -1.84. The molecule has 2 aromatic carbocycles. The number of hydrogen-bond acceptors (Lipinski definition) is 5. The van der Waals surface area contributed by atoms with Crippen LogP contribution < -0.4 is 20.5 Å². The molecule has 31 heavy (non-hydrogen) atoms. The van der Waals surface area contributed by atoms with E-state index in [4.69, 9.17) is 21.5 Å². The van der Waals surface area contributed by atoms with E-state index < -0.39 is 10.0 Å². The molecule has 0 saturated carbocycles. The summed E-state index contributed by atoms with van der Waals surface area (Å²) in [5, 5.41) is 11.8. The lowest BCUT2D eigenvalue weighted by molar-refractivity contribution is -0.124. The molecule has 2 rings (SSSR count). The molecule has 0 aliphatic carbocycles. The highest BCUT2D eigenvalue weighted by atomic mass is 35.5. The number of ether oxygens (including phenoxy) is 1. The molecule has 0 fully saturated rings. The van der Waals surface area contributed by atoms with Gasteiger partial charge in [-0.1, -0.05) is 23.7 Å². The summed E-state index contributed by atoms with van der Waals surface area (Å²) in [6, 6.07) is 11.7. The molecule has 0 atom stereocenters. The fourth-order valence-electron chi connectivity index (χ4n) is 2.73. The second kappa shape index (κ2) is 11.7. The molecule has 0 unspecified atom stereocenters. The minimum atomic E-state index is -3.68. The first-order valence-electron chi connectivity index (χ1n) is 9.49. The summed E-state index contributed by atoms with van der Waals surface area (Å²) in [6.45, 7) is 6.81. The van der Waals surface area contributed by atoms with Gasteiger partial charge in [-0.3, -0.25) is 4.79 Å². The highest BCUT2D eigenvalue weighted by molar-refractivity contribution is 7.89. The zero-order valence-corrected chi connectivity index (χ0v) is 20.2. The number of halogens is 2. The van der Waals surface area contributed by atoms with Crippen molar-refractivity contribution in [1.29, 1.82) is 0 Å². The topological polar surface area (TPSA) is 111 Å². The van der Waals surface area contributed by atoms with Crippen LogP contribution in [0.15, 0.2) is 47.4 Å². The Balaban J connectivity index is 0.00000480. The van der Waals surface area contributed by atoms with E-state index in [0.717, 1.165) is 11.1 Å². The maximum absolute atomic E-state index is 12.0. The highest BCUT2D eigenvalue weighted by Gasteiger charge is 2.15. The number of rotatable bonds is 9. The molecule has 0 saturated heterocycles. The van der Waals surface area contributed by atoms with Gasteiger partial charge in [-0.05, 0) is 69.6 Å². The van der Waals surface area contributed by atoms with E-state index in [1.807, 2.05) is 20.8 Å². The first kappa shape index (κ1) is 27.2. The lowest BCUT2D eigenvalue weighted by Gasteiger charge is -2.21. The van der Waals surface area contributed by atoms with Crippen molar-refractivity contribution in [2.75, 3.05) is 13.2 Å². The fourth-order valence-corrected chi connectivity index (χ4v) is 3.44. The van der Waals surface area contributed by atoms with Gasteiger partial charge >= 0.3 is 0 Å². The molecule has 0 spiro atoms. The molecule has 172 valence electrons. The number of nitrogens with two attached hydrogens (primary N) is 1. The Morgan fingerprint density at radius 2 is 1.77 bits per heavy atom. The predicted molar refractivity (Wildman–Crippen MR) is 125 cm³/mol. The van der Waals surface area contributed by atoms with Gasteiger partial charge < -0.3 is 15.4 Å². The van der Waals surface area contributed by atoms with Crippen LogP contribution in [-0.2, 0) is 27.8 Å². The number of primary sulfonamides is 1.